The maximum atomic E-state index is 12.3. The fourth-order valence-corrected chi connectivity index (χ4v) is 4.95. The van der Waals surface area contributed by atoms with Gasteiger partial charge in [0.1, 0.15) is 6.33 Å². The highest BCUT2D eigenvalue weighted by Crippen LogP contribution is 2.41. The molecule has 2 aromatic heterocycles. The van der Waals surface area contributed by atoms with Crippen LogP contribution in [0.5, 0.6) is 11.5 Å². The van der Waals surface area contributed by atoms with Gasteiger partial charge in [0.25, 0.3) is 0 Å². The van der Waals surface area contributed by atoms with Crippen molar-refractivity contribution in [3.05, 3.63) is 24.0 Å². The van der Waals surface area contributed by atoms with Gasteiger partial charge in [0, 0.05) is 29.6 Å². The number of nitrogen functional groups attached to an aromatic ring is 1. The van der Waals surface area contributed by atoms with Crippen LogP contribution in [0.1, 0.15) is 32.8 Å². The average Bonchev–Trinajstić information content (AvgIpc) is 3.34. The normalized spacial score (nSPS) is 13.4. The molecule has 0 bridgehead atoms. The Labute approximate surface area is 196 Å². The Bertz CT molecular complexity index is 1360. The third-order valence-corrected chi connectivity index (χ3v) is 8.26. The van der Waals surface area contributed by atoms with Crippen LogP contribution in [0, 0.1) is 12.3 Å². The first-order chi connectivity index (χ1) is 15.6. The van der Waals surface area contributed by atoms with Gasteiger partial charge in [0.15, 0.2) is 33.6 Å². The van der Waals surface area contributed by atoms with Crippen molar-refractivity contribution in [3.8, 4) is 23.8 Å². The SMILES string of the molecule is C#Cc1cc2c(cc1Sc1nc3c(N)ncnc3n1CCCNS(=O)(=O)C(C)(C)C)OCO2. The smallest absolute Gasteiger partial charge is 0.231 e. The summed E-state index contributed by atoms with van der Waals surface area (Å²) in [6, 6.07) is 3.57. The second kappa shape index (κ2) is 8.74. The van der Waals surface area contributed by atoms with Crippen molar-refractivity contribution in [1.29, 1.82) is 0 Å². The van der Waals surface area contributed by atoms with Crippen LogP contribution >= 0.6 is 11.8 Å². The zero-order valence-corrected chi connectivity index (χ0v) is 20.1. The zero-order valence-electron chi connectivity index (χ0n) is 18.5. The molecular weight excluding hydrogens is 464 g/mol. The van der Waals surface area contributed by atoms with Gasteiger partial charge in [-0.05, 0) is 33.3 Å². The first kappa shape index (κ1) is 23.2. The molecule has 10 nitrogen and oxygen atoms in total. The van der Waals surface area contributed by atoms with E-state index in [9.17, 15) is 8.42 Å². The van der Waals surface area contributed by atoms with E-state index in [1.807, 2.05) is 10.6 Å². The number of nitrogens with zero attached hydrogens (tertiary/aromatic N) is 4. The highest BCUT2D eigenvalue weighted by atomic mass is 32.2. The molecule has 4 rings (SSSR count). The lowest BCUT2D eigenvalue weighted by molar-refractivity contribution is 0.174. The van der Waals surface area contributed by atoms with Crippen molar-refractivity contribution in [2.24, 2.45) is 0 Å². The Balaban J connectivity index is 1.62. The van der Waals surface area contributed by atoms with Crippen molar-refractivity contribution in [2.45, 2.75) is 48.5 Å². The second-order valence-electron chi connectivity index (χ2n) is 8.29. The van der Waals surface area contributed by atoms with Gasteiger partial charge in [-0.25, -0.2) is 28.1 Å². The maximum Gasteiger partial charge on any atom is 0.231 e. The molecule has 3 heterocycles. The average molecular weight is 489 g/mol. The number of imidazole rings is 1. The van der Waals surface area contributed by atoms with Gasteiger partial charge >= 0.3 is 0 Å². The zero-order chi connectivity index (χ0) is 23.8. The standard InChI is InChI=1S/C21H24N6O4S2/c1-5-13-9-14-15(31-12-30-14)10-16(13)32-20-26-17-18(22)23-11-24-19(17)27(20)8-6-7-25-33(28,29)21(2,3)4/h1,9-11,25H,6-8,12H2,2-4H3,(H2,22,23,24). The van der Waals surface area contributed by atoms with Crippen LogP contribution in [0.15, 0.2) is 28.5 Å². The first-order valence-corrected chi connectivity index (χ1v) is 12.4. The Kier molecular flexibility index (Phi) is 6.13. The third kappa shape index (κ3) is 4.57. The Morgan fingerprint density at radius 2 is 2.00 bits per heavy atom. The molecule has 3 N–H and O–H groups in total. The van der Waals surface area contributed by atoms with E-state index in [0.717, 1.165) is 4.90 Å². The summed E-state index contributed by atoms with van der Waals surface area (Å²) in [4.78, 5) is 13.8. The Hall–Kier alpha value is -3.01. The van der Waals surface area contributed by atoms with Gasteiger partial charge in [0.05, 0.1) is 4.75 Å². The lowest BCUT2D eigenvalue weighted by Gasteiger charge is -2.19. The van der Waals surface area contributed by atoms with Gasteiger partial charge in [-0.2, -0.15) is 0 Å². The fourth-order valence-electron chi connectivity index (χ4n) is 3.09. The molecule has 1 aliphatic heterocycles. The summed E-state index contributed by atoms with van der Waals surface area (Å²) < 4.78 is 39.2. The minimum atomic E-state index is -3.44. The van der Waals surface area contributed by atoms with Crippen LogP contribution in [-0.2, 0) is 16.6 Å². The quantitative estimate of drug-likeness (QED) is 0.380. The summed E-state index contributed by atoms with van der Waals surface area (Å²) in [7, 11) is -3.44. The van der Waals surface area contributed by atoms with Crippen LogP contribution in [0.25, 0.3) is 11.2 Å². The molecule has 174 valence electrons. The van der Waals surface area contributed by atoms with Crippen molar-refractivity contribution < 1.29 is 17.9 Å². The summed E-state index contributed by atoms with van der Waals surface area (Å²) in [5.74, 6) is 4.14. The molecule has 0 fully saturated rings. The largest absolute Gasteiger partial charge is 0.454 e. The molecule has 0 amide bonds. The van der Waals surface area contributed by atoms with E-state index < -0.39 is 14.8 Å². The molecule has 0 radical (unpaired) electrons. The number of aryl methyl sites for hydroxylation is 1. The van der Waals surface area contributed by atoms with E-state index in [4.69, 9.17) is 21.6 Å². The molecule has 33 heavy (non-hydrogen) atoms. The number of nitrogens with one attached hydrogen (secondary N) is 1. The first-order valence-electron chi connectivity index (χ1n) is 10.1. The van der Waals surface area contributed by atoms with Gasteiger partial charge in [0.2, 0.25) is 16.8 Å². The number of anilines is 1. The lowest BCUT2D eigenvalue weighted by atomic mass is 10.2. The van der Waals surface area contributed by atoms with Crippen molar-refractivity contribution >= 4 is 38.8 Å². The van der Waals surface area contributed by atoms with Gasteiger partial charge in [-0.1, -0.05) is 17.7 Å². The van der Waals surface area contributed by atoms with Crippen molar-refractivity contribution in [3.63, 3.8) is 0 Å². The molecule has 0 saturated carbocycles. The predicted molar refractivity (Wildman–Crippen MR) is 126 cm³/mol. The number of terminal acetylenes is 1. The number of nitrogens with two attached hydrogens (primary N) is 1. The molecule has 1 aliphatic rings. The number of sulfonamides is 1. The molecule has 12 heteroatoms. The van der Waals surface area contributed by atoms with Crippen LogP contribution in [0.2, 0.25) is 0 Å². The van der Waals surface area contributed by atoms with E-state index in [-0.39, 0.29) is 19.2 Å². The number of rotatable bonds is 7. The highest BCUT2D eigenvalue weighted by Gasteiger charge is 2.28. The number of aromatic nitrogens is 4. The molecule has 0 unspecified atom stereocenters. The number of hydrogen-bond acceptors (Lipinski definition) is 9. The molecule has 0 atom stereocenters. The molecule has 0 spiro atoms. The number of ether oxygens (including phenoxy) is 2. The summed E-state index contributed by atoms with van der Waals surface area (Å²) in [5.41, 5.74) is 7.70. The van der Waals surface area contributed by atoms with E-state index >= 15 is 0 Å². The Morgan fingerprint density at radius 3 is 2.70 bits per heavy atom. The predicted octanol–water partition coefficient (Wildman–Crippen LogP) is 2.38. The van der Waals surface area contributed by atoms with Gasteiger partial charge < -0.3 is 19.8 Å². The molecule has 0 saturated heterocycles. The Morgan fingerprint density at radius 1 is 1.27 bits per heavy atom. The van der Waals surface area contributed by atoms with E-state index in [2.05, 4.69) is 25.6 Å². The van der Waals surface area contributed by atoms with Crippen LogP contribution in [-0.4, -0.2) is 46.0 Å². The molecule has 3 aromatic rings. The second-order valence-corrected chi connectivity index (χ2v) is 11.8. The van der Waals surface area contributed by atoms with E-state index in [1.54, 1.807) is 26.8 Å². The van der Waals surface area contributed by atoms with Gasteiger partial charge in [-0.15, -0.1) is 6.42 Å². The molecular formula is C21H24N6O4S2. The number of fused-ring (bicyclic) bond motifs is 2. The van der Waals surface area contributed by atoms with Crippen molar-refractivity contribution in [2.75, 3.05) is 19.1 Å². The summed E-state index contributed by atoms with van der Waals surface area (Å²) in [5, 5.41) is 0.603. The molecule has 0 aliphatic carbocycles. The summed E-state index contributed by atoms with van der Waals surface area (Å²) in [6.07, 6.45) is 7.61. The highest BCUT2D eigenvalue weighted by molar-refractivity contribution is 7.99. The van der Waals surface area contributed by atoms with E-state index in [1.165, 1.54) is 18.1 Å². The van der Waals surface area contributed by atoms with Crippen LogP contribution < -0.4 is 19.9 Å². The van der Waals surface area contributed by atoms with Crippen LogP contribution in [0.4, 0.5) is 5.82 Å². The topological polar surface area (TPSA) is 134 Å². The van der Waals surface area contributed by atoms with E-state index in [0.29, 0.717) is 46.3 Å². The summed E-state index contributed by atoms with van der Waals surface area (Å²) in [6.45, 7) is 5.83. The lowest BCUT2D eigenvalue weighted by Crippen LogP contribution is -2.39. The van der Waals surface area contributed by atoms with Crippen LogP contribution in [0.3, 0.4) is 0 Å². The van der Waals surface area contributed by atoms with Gasteiger partial charge in [-0.3, -0.25) is 0 Å². The monoisotopic (exact) mass is 488 g/mol. The fraction of sp³-hybridized carbons (Fsp3) is 0.381. The summed E-state index contributed by atoms with van der Waals surface area (Å²) >= 11 is 1.35. The van der Waals surface area contributed by atoms with Crippen molar-refractivity contribution in [1.82, 2.24) is 24.2 Å². The third-order valence-electron chi connectivity index (χ3n) is 5.01. The minimum absolute atomic E-state index is 0.141. The molecule has 1 aromatic carbocycles. The minimum Gasteiger partial charge on any atom is -0.454 e. The number of hydrogen-bond donors (Lipinski definition) is 2. The number of benzene rings is 1. The maximum absolute atomic E-state index is 12.3.